The van der Waals surface area contributed by atoms with Crippen molar-refractivity contribution in [1.82, 2.24) is 25.2 Å². The fourth-order valence-corrected chi connectivity index (χ4v) is 5.80. The van der Waals surface area contributed by atoms with Gasteiger partial charge in [0.2, 0.25) is 5.91 Å². The van der Waals surface area contributed by atoms with Crippen molar-refractivity contribution in [3.05, 3.63) is 36.7 Å². The zero-order valence-corrected chi connectivity index (χ0v) is 20.9. The molecule has 0 aliphatic carbocycles. The Kier molecular flexibility index (Phi) is 6.60. The SMILES string of the molecule is CC1CN(c2ncnc3[nH]c(-c4ccc(NC(=O)[C@@H]5CCN(C6CCCNC6)C5)cc4)cc23)CCO1. The van der Waals surface area contributed by atoms with E-state index in [2.05, 4.69) is 48.4 Å². The van der Waals surface area contributed by atoms with Crippen molar-refractivity contribution in [2.45, 2.75) is 38.3 Å². The highest BCUT2D eigenvalue weighted by Gasteiger charge is 2.32. The third-order valence-corrected chi connectivity index (χ3v) is 7.79. The molecule has 9 nitrogen and oxygen atoms in total. The Labute approximate surface area is 211 Å². The predicted octanol–water partition coefficient (Wildman–Crippen LogP) is 2.86. The highest BCUT2D eigenvalue weighted by atomic mass is 16.5. The number of rotatable bonds is 5. The van der Waals surface area contributed by atoms with Crippen molar-refractivity contribution in [2.24, 2.45) is 5.92 Å². The van der Waals surface area contributed by atoms with Crippen LogP contribution in [-0.2, 0) is 9.53 Å². The average molecular weight is 490 g/mol. The molecule has 3 fully saturated rings. The quantitative estimate of drug-likeness (QED) is 0.507. The van der Waals surface area contributed by atoms with Crippen molar-refractivity contribution in [2.75, 3.05) is 56.1 Å². The van der Waals surface area contributed by atoms with Crippen LogP contribution in [0, 0.1) is 5.92 Å². The molecule has 3 saturated heterocycles. The molecule has 0 radical (unpaired) electrons. The number of piperidine rings is 1. The first-order chi connectivity index (χ1) is 17.6. The van der Waals surface area contributed by atoms with E-state index < -0.39 is 0 Å². The normalized spacial score (nSPS) is 25.4. The van der Waals surface area contributed by atoms with Crippen LogP contribution in [0.5, 0.6) is 0 Å². The molecule has 1 amide bonds. The molecule has 3 aromatic rings. The van der Waals surface area contributed by atoms with E-state index in [-0.39, 0.29) is 17.9 Å². The number of nitrogens with zero attached hydrogens (tertiary/aromatic N) is 4. The number of amides is 1. The van der Waals surface area contributed by atoms with Crippen LogP contribution < -0.4 is 15.5 Å². The number of carbonyl (C=O) groups excluding carboxylic acids is 1. The van der Waals surface area contributed by atoms with E-state index in [1.165, 1.54) is 12.8 Å². The molecule has 2 unspecified atom stereocenters. The molecule has 6 rings (SSSR count). The third-order valence-electron chi connectivity index (χ3n) is 7.79. The van der Waals surface area contributed by atoms with Gasteiger partial charge >= 0.3 is 0 Å². The Hall–Kier alpha value is -3.01. The summed E-state index contributed by atoms with van der Waals surface area (Å²) < 4.78 is 5.69. The summed E-state index contributed by atoms with van der Waals surface area (Å²) in [6, 6.07) is 10.7. The average Bonchev–Trinajstić information content (AvgIpc) is 3.58. The Balaban J connectivity index is 1.12. The lowest BCUT2D eigenvalue weighted by Gasteiger charge is -2.32. The predicted molar refractivity (Wildman–Crippen MR) is 141 cm³/mol. The second-order valence-electron chi connectivity index (χ2n) is 10.3. The summed E-state index contributed by atoms with van der Waals surface area (Å²) in [5.74, 6) is 1.12. The van der Waals surface area contributed by atoms with Crippen molar-refractivity contribution in [1.29, 1.82) is 0 Å². The number of likely N-dealkylation sites (tertiary alicyclic amines) is 1. The minimum absolute atomic E-state index is 0.0558. The van der Waals surface area contributed by atoms with E-state index in [4.69, 9.17) is 4.74 Å². The maximum absolute atomic E-state index is 12.9. The van der Waals surface area contributed by atoms with Crippen molar-refractivity contribution < 1.29 is 9.53 Å². The number of aromatic amines is 1. The highest BCUT2D eigenvalue weighted by molar-refractivity contribution is 5.94. The lowest BCUT2D eigenvalue weighted by Crippen LogP contribution is -2.45. The standard InChI is InChI=1S/C27H35N7O2/c1-18-15-34(11-12-36-18)26-23-13-24(32-25(23)29-17-30-26)19-4-6-21(7-5-19)31-27(35)20-8-10-33(16-20)22-3-2-9-28-14-22/h4-7,13,17-18,20,22,28H,2-3,8-12,14-16H2,1H3,(H,31,35)(H,29,30,32)/t18?,20-,22?/m1/s1. The van der Waals surface area contributed by atoms with Gasteiger partial charge in [0, 0.05) is 43.6 Å². The van der Waals surface area contributed by atoms with Crippen molar-refractivity contribution >= 4 is 28.4 Å². The van der Waals surface area contributed by atoms with Gasteiger partial charge in [0.1, 0.15) is 17.8 Å². The molecule has 2 aromatic heterocycles. The lowest BCUT2D eigenvalue weighted by atomic mass is 10.1. The fraction of sp³-hybridized carbons (Fsp3) is 0.519. The Bertz CT molecular complexity index is 1200. The van der Waals surface area contributed by atoms with Gasteiger partial charge in [-0.3, -0.25) is 9.69 Å². The van der Waals surface area contributed by atoms with Gasteiger partial charge in [0.25, 0.3) is 0 Å². The summed E-state index contributed by atoms with van der Waals surface area (Å²) in [6.07, 6.45) is 5.18. The van der Waals surface area contributed by atoms with Gasteiger partial charge in [-0.25, -0.2) is 9.97 Å². The minimum atomic E-state index is 0.0558. The lowest BCUT2D eigenvalue weighted by molar-refractivity contribution is -0.119. The molecule has 0 saturated carbocycles. The Morgan fingerprint density at radius 1 is 1.14 bits per heavy atom. The van der Waals surface area contributed by atoms with E-state index in [1.807, 2.05) is 24.3 Å². The summed E-state index contributed by atoms with van der Waals surface area (Å²) >= 11 is 0. The molecular weight excluding hydrogens is 454 g/mol. The molecule has 1 aromatic carbocycles. The van der Waals surface area contributed by atoms with Gasteiger partial charge in [-0.15, -0.1) is 0 Å². The van der Waals surface area contributed by atoms with Gasteiger partial charge in [0.05, 0.1) is 24.0 Å². The highest BCUT2D eigenvalue weighted by Crippen LogP contribution is 2.30. The number of aromatic nitrogens is 3. The smallest absolute Gasteiger partial charge is 0.228 e. The molecular formula is C27H35N7O2. The Morgan fingerprint density at radius 3 is 2.83 bits per heavy atom. The third kappa shape index (κ3) is 4.83. The number of hydrogen-bond donors (Lipinski definition) is 3. The van der Waals surface area contributed by atoms with Gasteiger partial charge in [-0.2, -0.15) is 0 Å². The van der Waals surface area contributed by atoms with E-state index in [0.717, 1.165) is 79.5 Å². The largest absolute Gasteiger partial charge is 0.375 e. The zero-order chi connectivity index (χ0) is 24.5. The topological polar surface area (TPSA) is 98.4 Å². The number of hydrogen-bond acceptors (Lipinski definition) is 7. The van der Waals surface area contributed by atoms with Gasteiger partial charge in [-0.1, -0.05) is 12.1 Å². The first kappa shape index (κ1) is 23.4. The summed E-state index contributed by atoms with van der Waals surface area (Å²) in [7, 11) is 0. The van der Waals surface area contributed by atoms with Gasteiger partial charge in [0.15, 0.2) is 0 Å². The number of nitrogens with one attached hydrogen (secondary N) is 3. The van der Waals surface area contributed by atoms with E-state index in [1.54, 1.807) is 6.33 Å². The van der Waals surface area contributed by atoms with Crippen LogP contribution in [0.25, 0.3) is 22.3 Å². The monoisotopic (exact) mass is 489 g/mol. The number of H-pyrrole nitrogens is 1. The summed E-state index contributed by atoms with van der Waals surface area (Å²) in [5, 5.41) is 7.63. The second-order valence-corrected chi connectivity index (χ2v) is 10.3. The molecule has 3 N–H and O–H groups in total. The zero-order valence-electron chi connectivity index (χ0n) is 20.9. The first-order valence-electron chi connectivity index (χ1n) is 13.2. The van der Waals surface area contributed by atoms with Crippen LogP contribution in [0.15, 0.2) is 36.7 Å². The molecule has 0 spiro atoms. The van der Waals surface area contributed by atoms with Crippen LogP contribution in [0.4, 0.5) is 11.5 Å². The number of morpholine rings is 1. The van der Waals surface area contributed by atoms with Crippen LogP contribution in [0.2, 0.25) is 0 Å². The fourth-order valence-electron chi connectivity index (χ4n) is 5.80. The van der Waals surface area contributed by atoms with Crippen molar-refractivity contribution in [3.63, 3.8) is 0 Å². The van der Waals surface area contributed by atoms with E-state index in [9.17, 15) is 4.79 Å². The van der Waals surface area contributed by atoms with Gasteiger partial charge in [-0.05, 0) is 63.0 Å². The van der Waals surface area contributed by atoms with Crippen LogP contribution in [0.3, 0.4) is 0 Å². The number of benzene rings is 1. The Morgan fingerprint density at radius 2 is 2.03 bits per heavy atom. The molecule has 190 valence electrons. The van der Waals surface area contributed by atoms with E-state index >= 15 is 0 Å². The summed E-state index contributed by atoms with van der Waals surface area (Å²) in [5.41, 5.74) is 3.69. The van der Waals surface area contributed by atoms with Crippen molar-refractivity contribution in [3.8, 4) is 11.3 Å². The minimum Gasteiger partial charge on any atom is -0.375 e. The number of fused-ring (bicyclic) bond motifs is 1. The molecule has 3 aliphatic rings. The van der Waals surface area contributed by atoms with Crippen LogP contribution in [0.1, 0.15) is 26.2 Å². The van der Waals surface area contributed by atoms with Gasteiger partial charge < -0.3 is 25.3 Å². The molecule has 5 heterocycles. The van der Waals surface area contributed by atoms with E-state index in [0.29, 0.717) is 12.6 Å². The molecule has 36 heavy (non-hydrogen) atoms. The molecule has 3 atom stereocenters. The number of carbonyl (C=O) groups is 1. The number of ether oxygens (including phenoxy) is 1. The maximum atomic E-state index is 12.9. The number of anilines is 2. The molecule has 0 bridgehead atoms. The summed E-state index contributed by atoms with van der Waals surface area (Å²) in [6.45, 7) is 8.46. The molecule has 9 heteroatoms. The van der Waals surface area contributed by atoms with Crippen LogP contribution >= 0.6 is 0 Å². The first-order valence-corrected chi connectivity index (χ1v) is 13.2. The maximum Gasteiger partial charge on any atom is 0.228 e. The van der Waals surface area contributed by atoms with Crippen LogP contribution in [-0.4, -0.2) is 83.8 Å². The summed E-state index contributed by atoms with van der Waals surface area (Å²) in [4.78, 5) is 30.2. The second kappa shape index (κ2) is 10.2. The molecule has 3 aliphatic heterocycles.